The smallest absolute Gasteiger partial charge is 0.298 e. The molecule has 1 saturated heterocycles. The molecule has 0 aliphatic carbocycles. The van der Waals surface area contributed by atoms with Crippen LogP contribution in [0.5, 0.6) is 0 Å². The summed E-state index contributed by atoms with van der Waals surface area (Å²) in [5.41, 5.74) is -1.07. The fourth-order valence-electron chi connectivity index (χ4n) is 2.68. The van der Waals surface area contributed by atoms with Crippen LogP contribution in [-0.2, 0) is 16.2 Å². The molecule has 1 N–H and O–H groups in total. The van der Waals surface area contributed by atoms with Crippen LogP contribution in [0.25, 0.3) is 0 Å². The molecule has 2 heterocycles. The van der Waals surface area contributed by atoms with Crippen molar-refractivity contribution in [2.45, 2.75) is 30.3 Å². The summed E-state index contributed by atoms with van der Waals surface area (Å²) in [5.74, 6) is -0.728. The largest absolute Gasteiger partial charge is 0.434 e. The molecule has 6 nitrogen and oxygen atoms in total. The maximum absolute atomic E-state index is 12.7. The molecule has 27 heavy (non-hydrogen) atoms. The predicted molar refractivity (Wildman–Crippen MR) is 94.1 cm³/mol. The minimum absolute atomic E-state index is 0.0211. The molecule has 1 amide bonds. The summed E-state index contributed by atoms with van der Waals surface area (Å²) in [6.07, 6.45) is -2.06. The molecule has 0 atom stereocenters. The topological polar surface area (TPSA) is 79.4 Å². The molecule has 1 aliphatic heterocycles. The maximum atomic E-state index is 12.7. The summed E-state index contributed by atoms with van der Waals surface area (Å²) in [6.45, 7) is 0.857. The van der Waals surface area contributed by atoms with Crippen LogP contribution in [0, 0.1) is 0 Å². The highest BCUT2D eigenvalue weighted by molar-refractivity contribution is 7.89. The Hall–Kier alpha value is -1.98. The van der Waals surface area contributed by atoms with Gasteiger partial charge in [-0.25, -0.2) is 13.4 Å². The Morgan fingerprint density at radius 3 is 2.52 bits per heavy atom. The number of hydrogen-bond acceptors (Lipinski definition) is 5. The van der Waals surface area contributed by atoms with Crippen molar-refractivity contribution in [2.24, 2.45) is 0 Å². The van der Waals surface area contributed by atoms with Gasteiger partial charge in [0.25, 0.3) is 5.91 Å². The lowest BCUT2D eigenvalue weighted by atomic mass is 10.2. The molecular formula is C16H16F3N3O3S2. The van der Waals surface area contributed by atoms with Crippen LogP contribution >= 0.6 is 11.3 Å². The van der Waals surface area contributed by atoms with E-state index in [-0.39, 0.29) is 15.6 Å². The van der Waals surface area contributed by atoms with E-state index in [1.165, 1.54) is 28.6 Å². The van der Waals surface area contributed by atoms with Gasteiger partial charge in [-0.1, -0.05) is 12.5 Å². The zero-order chi connectivity index (χ0) is 19.7. The second-order valence-electron chi connectivity index (χ2n) is 5.98. The van der Waals surface area contributed by atoms with Crippen molar-refractivity contribution in [3.63, 3.8) is 0 Å². The molecule has 0 saturated carbocycles. The number of alkyl halides is 3. The zero-order valence-electron chi connectivity index (χ0n) is 14.0. The van der Waals surface area contributed by atoms with Gasteiger partial charge in [0.15, 0.2) is 10.8 Å². The number of nitrogens with one attached hydrogen (secondary N) is 1. The number of rotatable bonds is 4. The number of anilines is 1. The lowest BCUT2D eigenvalue weighted by Crippen LogP contribution is -2.35. The maximum Gasteiger partial charge on any atom is 0.434 e. The first-order chi connectivity index (χ1) is 12.7. The van der Waals surface area contributed by atoms with Gasteiger partial charge < -0.3 is 0 Å². The Labute approximate surface area is 158 Å². The van der Waals surface area contributed by atoms with Gasteiger partial charge >= 0.3 is 6.18 Å². The Balaban J connectivity index is 1.78. The normalized spacial score (nSPS) is 16.3. The monoisotopic (exact) mass is 419 g/mol. The second-order valence-corrected chi connectivity index (χ2v) is 8.78. The molecule has 0 spiro atoms. The molecule has 1 aromatic carbocycles. The fraction of sp³-hybridized carbons (Fsp3) is 0.375. The summed E-state index contributed by atoms with van der Waals surface area (Å²) < 4.78 is 64.5. The molecule has 1 aliphatic rings. The molecule has 1 aromatic heterocycles. The fourth-order valence-corrected chi connectivity index (χ4v) is 4.96. The minimum Gasteiger partial charge on any atom is -0.298 e. The van der Waals surface area contributed by atoms with E-state index in [2.05, 4.69) is 10.3 Å². The van der Waals surface area contributed by atoms with Gasteiger partial charge in [0, 0.05) is 24.0 Å². The van der Waals surface area contributed by atoms with E-state index in [0.717, 1.165) is 24.6 Å². The van der Waals surface area contributed by atoms with Gasteiger partial charge in [-0.05, 0) is 31.0 Å². The molecule has 2 aromatic rings. The van der Waals surface area contributed by atoms with Gasteiger partial charge in [0.1, 0.15) is 0 Å². The molecule has 0 radical (unpaired) electrons. The molecule has 3 rings (SSSR count). The highest BCUT2D eigenvalue weighted by Gasteiger charge is 2.34. The van der Waals surface area contributed by atoms with Crippen LogP contribution in [0.3, 0.4) is 0 Å². The van der Waals surface area contributed by atoms with Gasteiger partial charge in [0.2, 0.25) is 10.0 Å². The van der Waals surface area contributed by atoms with Crippen LogP contribution in [0.1, 0.15) is 35.3 Å². The predicted octanol–water partition coefficient (Wildman–Crippen LogP) is 3.59. The Morgan fingerprint density at radius 1 is 1.19 bits per heavy atom. The van der Waals surface area contributed by atoms with Crippen molar-refractivity contribution in [2.75, 3.05) is 18.4 Å². The van der Waals surface area contributed by atoms with Gasteiger partial charge in [-0.15, -0.1) is 11.3 Å². The number of thiazole rings is 1. The van der Waals surface area contributed by atoms with Crippen LogP contribution in [-0.4, -0.2) is 36.7 Å². The Morgan fingerprint density at radius 2 is 1.89 bits per heavy atom. The van der Waals surface area contributed by atoms with E-state index in [9.17, 15) is 26.4 Å². The summed E-state index contributed by atoms with van der Waals surface area (Å²) in [7, 11) is -3.71. The summed E-state index contributed by atoms with van der Waals surface area (Å²) in [4.78, 5) is 15.6. The van der Waals surface area contributed by atoms with Crippen LogP contribution in [0.2, 0.25) is 0 Å². The standard InChI is InChI=1S/C16H16F3N3O3S2/c17-16(18,19)13-10-26-15(20-13)21-14(23)11-5-4-6-12(9-11)27(24,25)22-7-2-1-3-8-22/h4-6,9-10H,1-3,7-8H2,(H,20,21,23). The first-order valence-corrected chi connectivity index (χ1v) is 10.4. The number of benzene rings is 1. The Kier molecular flexibility index (Phi) is 5.54. The average molecular weight is 419 g/mol. The third kappa shape index (κ3) is 4.47. The molecule has 0 bridgehead atoms. The quantitative estimate of drug-likeness (QED) is 0.822. The first-order valence-electron chi connectivity index (χ1n) is 8.12. The SMILES string of the molecule is O=C(Nc1nc(C(F)(F)F)cs1)c1cccc(S(=O)(=O)N2CCCCC2)c1. The number of halogens is 3. The summed E-state index contributed by atoms with van der Waals surface area (Å²) in [6, 6.07) is 5.43. The van der Waals surface area contributed by atoms with E-state index in [4.69, 9.17) is 0 Å². The number of piperidine rings is 1. The summed E-state index contributed by atoms with van der Waals surface area (Å²) in [5, 5.41) is 2.86. The lowest BCUT2D eigenvalue weighted by Gasteiger charge is -2.26. The van der Waals surface area contributed by atoms with Crippen molar-refractivity contribution < 1.29 is 26.4 Å². The lowest BCUT2D eigenvalue weighted by molar-refractivity contribution is -0.140. The van der Waals surface area contributed by atoms with Gasteiger partial charge in [0.05, 0.1) is 4.90 Å². The van der Waals surface area contributed by atoms with Crippen molar-refractivity contribution in [1.82, 2.24) is 9.29 Å². The van der Waals surface area contributed by atoms with E-state index in [1.54, 1.807) is 0 Å². The molecule has 1 fully saturated rings. The van der Waals surface area contributed by atoms with Crippen molar-refractivity contribution in [3.05, 3.63) is 40.9 Å². The van der Waals surface area contributed by atoms with Crippen molar-refractivity contribution in [3.8, 4) is 0 Å². The number of aromatic nitrogens is 1. The molecular weight excluding hydrogens is 403 g/mol. The molecule has 0 unspecified atom stereocenters. The Bertz CT molecular complexity index is 936. The van der Waals surface area contributed by atoms with Gasteiger partial charge in [-0.3, -0.25) is 10.1 Å². The van der Waals surface area contributed by atoms with Crippen molar-refractivity contribution >= 4 is 32.4 Å². The third-order valence-corrected chi connectivity index (χ3v) is 6.72. The molecule has 146 valence electrons. The van der Waals surface area contributed by atoms with Crippen LogP contribution in [0.15, 0.2) is 34.5 Å². The number of sulfonamides is 1. The average Bonchev–Trinajstić information content (AvgIpc) is 3.11. The molecule has 11 heteroatoms. The van der Waals surface area contributed by atoms with E-state index in [1.807, 2.05) is 0 Å². The van der Waals surface area contributed by atoms with Crippen LogP contribution in [0.4, 0.5) is 18.3 Å². The number of carbonyl (C=O) groups is 1. The number of amides is 1. The highest BCUT2D eigenvalue weighted by Crippen LogP contribution is 2.31. The van der Waals surface area contributed by atoms with E-state index in [0.29, 0.717) is 24.4 Å². The third-order valence-electron chi connectivity index (χ3n) is 4.06. The first kappa shape index (κ1) is 19.8. The zero-order valence-corrected chi connectivity index (χ0v) is 15.6. The van der Waals surface area contributed by atoms with E-state index < -0.39 is 27.8 Å². The minimum atomic E-state index is -4.60. The van der Waals surface area contributed by atoms with E-state index >= 15 is 0 Å². The van der Waals surface area contributed by atoms with Gasteiger partial charge in [-0.2, -0.15) is 17.5 Å². The van der Waals surface area contributed by atoms with Crippen molar-refractivity contribution in [1.29, 1.82) is 0 Å². The number of carbonyl (C=O) groups excluding carboxylic acids is 1. The summed E-state index contributed by atoms with van der Waals surface area (Å²) >= 11 is 0.642. The number of nitrogens with zero attached hydrogens (tertiary/aromatic N) is 2. The highest BCUT2D eigenvalue weighted by atomic mass is 32.2. The number of hydrogen-bond donors (Lipinski definition) is 1. The second kappa shape index (κ2) is 7.56. The van der Waals surface area contributed by atoms with Crippen LogP contribution < -0.4 is 5.32 Å².